The van der Waals surface area contributed by atoms with Gasteiger partial charge < -0.3 is 0 Å². The van der Waals surface area contributed by atoms with Gasteiger partial charge in [0.05, 0.1) is 0 Å². The van der Waals surface area contributed by atoms with Crippen LogP contribution in [0.5, 0.6) is 0 Å². The second-order valence-corrected chi connectivity index (χ2v) is 6.12. The Morgan fingerprint density at radius 3 is 1.71 bits per heavy atom. The van der Waals surface area contributed by atoms with Crippen molar-refractivity contribution in [1.82, 2.24) is 0 Å². The fourth-order valence-corrected chi connectivity index (χ4v) is 1.96. The van der Waals surface area contributed by atoms with Crippen LogP contribution in [0.2, 0.25) is 0 Å². The second kappa shape index (κ2) is 7.10. The smallest absolute Gasteiger partial charge is 0.00665 e. The molecule has 0 aromatic rings. The van der Waals surface area contributed by atoms with Crippen LogP contribution < -0.4 is 0 Å². The van der Waals surface area contributed by atoms with Crippen molar-refractivity contribution in [1.29, 1.82) is 0 Å². The van der Waals surface area contributed by atoms with Gasteiger partial charge in [-0.3, -0.25) is 0 Å². The normalized spacial score (nSPS) is 14.6. The highest BCUT2D eigenvalue weighted by molar-refractivity contribution is 7.84. The zero-order chi connectivity index (χ0) is 13.7. The molecule has 17 heavy (non-hydrogen) atoms. The van der Waals surface area contributed by atoms with E-state index in [9.17, 15) is 0 Å². The van der Waals surface area contributed by atoms with Gasteiger partial charge >= 0.3 is 0 Å². The van der Waals surface area contributed by atoms with Crippen LogP contribution >= 0.6 is 12.6 Å². The van der Waals surface area contributed by atoms with Crippen LogP contribution in [0.3, 0.4) is 0 Å². The molecule has 0 unspecified atom stereocenters. The average Bonchev–Trinajstić information content (AvgIpc) is 2.22. The summed E-state index contributed by atoms with van der Waals surface area (Å²) < 4.78 is 0. The lowest BCUT2D eigenvalue weighted by atomic mass is 9.92. The molecule has 98 valence electrons. The third kappa shape index (κ3) is 5.16. The van der Waals surface area contributed by atoms with Gasteiger partial charge in [-0.1, -0.05) is 65.3 Å². The molecular weight excluding hydrogens is 224 g/mol. The first kappa shape index (κ1) is 16.6. The van der Waals surface area contributed by atoms with Gasteiger partial charge in [-0.25, -0.2) is 0 Å². The Hall–Kier alpha value is -0.430. The number of hydrogen-bond acceptors (Lipinski definition) is 1. The van der Waals surface area contributed by atoms with E-state index in [2.05, 4.69) is 61.1 Å². The molecule has 0 aliphatic heterocycles. The predicted molar refractivity (Wildman–Crippen MR) is 83.4 cm³/mol. The lowest BCUT2D eigenvalue weighted by Gasteiger charge is -2.18. The Balaban J connectivity index is 5.41. The predicted octanol–water partition coefficient (Wildman–Crippen LogP) is 5.64. The standard InChI is InChI=1S/C16H28S/c1-10(2)13(7)9-15(12(5)6)16(17)14(8)11(3)4/h9-12,17H,7H2,1-6,8H3/b15-9-,16-14-. The first-order valence-corrected chi connectivity index (χ1v) is 6.93. The van der Waals surface area contributed by atoms with E-state index in [4.69, 9.17) is 12.6 Å². The van der Waals surface area contributed by atoms with Crippen LogP contribution in [0.1, 0.15) is 48.5 Å². The van der Waals surface area contributed by atoms with Crippen molar-refractivity contribution < 1.29 is 0 Å². The van der Waals surface area contributed by atoms with Crippen LogP contribution in [0.4, 0.5) is 0 Å². The molecule has 0 saturated heterocycles. The van der Waals surface area contributed by atoms with E-state index in [0.717, 1.165) is 4.91 Å². The van der Waals surface area contributed by atoms with Gasteiger partial charge in [-0.05, 0) is 30.3 Å². The highest BCUT2D eigenvalue weighted by Crippen LogP contribution is 2.30. The molecule has 0 aromatic heterocycles. The maximum absolute atomic E-state index is 4.71. The van der Waals surface area contributed by atoms with E-state index in [-0.39, 0.29) is 0 Å². The molecule has 0 spiro atoms. The molecule has 0 amide bonds. The Labute approximate surface area is 113 Å². The summed E-state index contributed by atoms with van der Waals surface area (Å²) in [6.45, 7) is 19.5. The number of thiol groups is 1. The van der Waals surface area contributed by atoms with Crippen LogP contribution in [0.15, 0.2) is 34.3 Å². The number of allylic oxidation sites excluding steroid dienone is 4. The van der Waals surface area contributed by atoms with Crippen molar-refractivity contribution in [2.24, 2.45) is 17.8 Å². The number of rotatable bonds is 5. The second-order valence-electron chi connectivity index (χ2n) is 5.67. The van der Waals surface area contributed by atoms with Crippen LogP contribution in [-0.4, -0.2) is 0 Å². The Kier molecular flexibility index (Phi) is 6.92. The summed E-state index contributed by atoms with van der Waals surface area (Å²) in [6.07, 6.45) is 2.21. The lowest BCUT2D eigenvalue weighted by Crippen LogP contribution is -2.02. The van der Waals surface area contributed by atoms with Crippen molar-refractivity contribution in [3.63, 3.8) is 0 Å². The van der Waals surface area contributed by atoms with Gasteiger partial charge in [0, 0.05) is 4.91 Å². The molecular formula is C16H28S. The van der Waals surface area contributed by atoms with Gasteiger partial charge in [0.1, 0.15) is 0 Å². The third-order valence-corrected chi connectivity index (χ3v) is 3.83. The Bertz CT molecular complexity index is 327. The zero-order valence-corrected chi connectivity index (χ0v) is 13.4. The summed E-state index contributed by atoms with van der Waals surface area (Å²) in [7, 11) is 0. The van der Waals surface area contributed by atoms with E-state index in [1.54, 1.807) is 0 Å². The first-order valence-electron chi connectivity index (χ1n) is 6.48. The summed E-state index contributed by atoms with van der Waals surface area (Å²) in [5.41, 5.74) is 3.83. The first-order chi connectivity index (χ1) is 7.68. The molecule has 0 N–H and O–H groups in total. The van der Waals surface area contributed by atoms with Crippen LogP contribution in [-0.2, 0) is 0 Å². The van der Waals surface area contributed by atoms with E-state index in [1.165, 1.54) is 16.7 Å². The summed E-state index contributed by atoms with van der Waals surface area (Å²) >= 11 is 4.71. The molecule has 0 radical (unpaired) electrons. The molecule has 1 heteroatoms. The lowest BCUT2D eigenvalue weighted by molar-refractivity contribution is 0.738. The molecule has 0 atom stereocenters. The highest BCUT2D eigenvalue weighted by Gasteiger charge is 2.12. The summed E-state index contributed by atoms with van der Waals surface area (Å²) in [5, 5.41) is 0. The molecule has 0 fully saturated rings. The molecule has 0 aromatic carbocycles. The minimum atomic E-state index is 0.478. The molecule has 0 aliphatic rings. The van der Waals surface area contributed by atoms with Crippen molar-refractivity contribution in [3.05, 3.63) is 34.3 Å². The van der Waals surface area contributed by atoms with Crippen LogP contribution in [0, 0.1) is 17.8 Å². The topological polar surface area (TPSA) is 0 Å². The zero-order valence-electron chi connectivity index (χ0n) is 12.5. The fourth-order valence-electron chi connectivity index (χ4n) is 1.38. The van der Waals surface area contributed by atoms with Crippen molar-refractivity contribution in [3.8, 4) is 0 Å². The van der Waals surface area contributed by atoms with Crippen LogP contribution in [0.25, 0.3) is 0 Å². The quantitative estimate of drug-likeness (QED) is 0.475. The molecule has 0 bridgehead atoms. The minimum Gasteiger partial charge on any atom is -0.143 e. The molecule has 0 heterocycles. The van der Waals surface area contributed by atoms with E-state index < -0.39 is 0 Å². The largest absolute Gasteiger partial charge is 0.143 e. The van der Waals surface area contributed by atoms with E-state index in [1.807, 2.05) is 0 Å². The maximum atomic E-state index is 4.71. The third-order valence-electron chi connectivity index (χ3n) is 3.22. The number of hydrogen-bond donors (Lipinski definition) is 1. The van der Waals surface area contributed by atoms with Crippen molar-refractivity contribution in [2.45, 2.75) is 48.5 Å². The molecule has 0 aliphatic carbocycles. The molecule has 0 saturated carbocycles. The SMILES string of the molecule is C=C(/C=C(\C(S)=C(/C)C(C)C)C(C)C)C(C)C. The van der Waals surface area contributed by atoms with Gasteiger partial charge in [-0.2, -0.15) is 0 Å². The average molecular weight is 252 g/mol. The summed E-state index contributed by atoms with van der Waals surface area (Å²) in [6, 6.07) is 0. The van der Waals surface area contributed by atoms with Crippen molar-refractivity contribution >= 4 is 12.6 Å². The van der Waals surface area contributed by atoms with E-state index in [0.29, 0.717) is 17.8 Å². The monoisotopic (exact) mass is 252 g/mol. The minimum absolute atomic E-state index is 0.478. The summed E-state index contributed by atoms with van der Waals surface area (Å²) in [4.78, 5) is 1.14. The van der Waals surface area contributed by atoms with Gasteiger partial charge in [0.2, 0.25) is 0 Å². The Morgan fingerprint density at radius 2 is 1.41 bits per heavy atom. The molecule has 0 nitrogen and oxygen atoms in total. The molecule has 0 rings (SSSR count). The fraction of sp³-hybridized carbons (Fsp3) is 0.625. The van der Waals surface area contributed by atoms with Gasteiger partial charge in [0.15, 0.2) is 0 Å². The highest BCUT2D eigenvalue weighted by atomic mass is 32.1. The van der Waals surface area contributed by atoms with Gasteiger partial charge in [0.25, 0.3) is 0 Å². The maximum Gasteiger partial charge on any atom is 0.00665 e. The van der Waals surface area contributed by atoms with Crippen molar-refractivity contribution in [2.75, 3.05) is 0 Å². The Morgan fingerprint density at radius 1 is 0.941 bits per heavy atom. The summed E-state index contributed by atoms with van der Waals surface area (Å²) in [5.74, 6) is 1.51. The van der Waals surface area contributed by atoms with Gasteiger partial charge in [-0.15, -0.1) is 12.6 Å². The van der Waals surface area contributed by atoms with E-state index >= 15 is 0 Å².